The first-order valence-electron chi connectivity index (χ1n) is 8.02. The highest BCUT2D eigenvalue weighted by atomic mass is 35.5. The van der Waals surface area contributed by atoms with Gasteiger partial charge in [0.2, 0.25) is 5.91 Å². The number of methoxy groups -OCH3 is 1. The summed E-state index contributed by atoms with van der Waals surface area (Å²) in [5.41, 5.74) is 0.907. The zero-order valence-corrected chi connectivity index (χ0v) is 14.9. The molecule has 0 spiro atoms. The summed E-state index contributed by atoms with van der Waals surface area (Å²) < 4.78 is 17.0. The minimum atomic E-state index is -0.415. The summed E-state index contributed by atoms with van der Waals surface area (Å²) in [5.74, 6) is 1.45. The molecule has 1 aliphatic rings. The second-order valence-corrected chi connectivity index (χ2v) is 6.26. The molecule has 0 radical (unpaired) electrons. The molecule has 0 bridgehead atoms. The summed E-state index contributed by atoms with van der Waals surface area (Å²) in [5, 5.41) is 0.659. The van der Waals surface area contributed by atoms with Crippen LogP contribution < -0.4 is 9.47 Å². The van der Waals surface area contributed by atoms with Gasteiger partial charge in [-0.25, -0.2) is 0 Å². The maximum absolute atomic E-state index is 12.0. The first kappa shape index (κ1) is 17.6. The number of hydrogen-bond donors (Lipinski definition) is 0. The summed E-state index contributed by atoms with van der Waals surface area (Å²) >= 11 is 5.87. The van der Waals surface area contributed by atoms with E-state index in [4.69, 9.17) is 25.8 Å². The van der Waals surface area contributed by atoms with Crippen molar-refractivity contribution in [2.75, 3.05) is 20.3 Å². The third kappa shape index (κ3) is 4.24. The highest BCUT2D eigenvalue weighted by Crippen LogP contribution is 2.31. The van der Waals surface area contributed by atoms with Gasteiger partial charge in [0.15, 0.2) is 6.23 Å². The smallest absolute Gasteiger partial charge is 0.221 e. The third-order valence-electron chi connectivity index (χ3n) is 4.06. The quantitative estimate of drug-likeness (QED) is 0.815. The molecule has 0 aromatic heterocycles. The Bertz CT molecular complexity index is 717. The fourth-order valence-corrected chi connectivity index (χ4v) is 2.87. The molecule has 1 aliphatic heterocycles. The lowest BCUT2D eigenvalue weighted by atomic mass is 10.2. The van der Waals surface area contributed by atoms with Crippen molar-refractivity contribution in [2.45, 2.75) is 19.3 Å². The first-order valence-corrected chi connectivity index (χ1v) is 8.39. The second kappa shape index (κ2) is 7.76. The highest BCUT2D eigenvalue weighted by molar-refractivity contribution is 6.30. The molecule has 5 nitrogen and oxygen atoms in total. The summed E-state index contributed by atoms with van der Waals surface area (Å²) in [6.45, 7) is 2.39. The van der Waals surface area contributed by atoms with E-state index in [1.807, 2.05) is 24.3 Å². The predicted molar refractivity (Wildman–Crippen MR) is 94.9 cm³/mol. The van der Waals surface area contributed by atoms with Gasteiger partial charge in [0.1, 0.15) is 24.2 Å². The van der Waals surface area contributed by atoms with Crippen molar-refractivity contribution < 1.29 is 19.0 Å². The zero-order valence-electron chi connectivity index (χ0n) is 14.1. The van der Waals surface area contributed by atoms with Crippen molar-refractivity contribution in [1.82, 2.24) is 4.90 Å². The fraction of sp³-hybridized carbons (Fsp3) is 0.316. The third-order valence-corrected chi connectivity index (χ3v) is 4.31. The van der Waals surface area contributed by atoms with E-state index < -0.39 is 6.23 Å². The maximum Gasteiger partial charge on any atom is 0.221 e. The van der Waals surface area contributed by atoms with Crippen LogP contribution in [-0.4, -0.2) is 37.2 Å². The van der Waals surface area contributed by atoms with Gasteiger partial charge >= 0.3 is 0 Å². The van der Waals surface area contributed by atoms with Crippen molar-refractivity contribution in [1.29, 1.82) is 0 Å². The van der Waals surface area contributed by atoms with Crippen LogP contribution in [0.4, 0.5) is 0 Å². The Morgan fingerprint density at radius 2 is 1.80 bits per heavy atom. The van der Waals surface area contributed by atoms with Crippen molar-refractivity contribution in [2.24, 2.45) is 0 Å². The molecule has 132 valence electrons. The summed E-state index contributed by atoms with van der Waals surface area (Å²) in [4.78, 5) is 13.7. The van der Waals surface area contributed by atoms with Gasteiger partial charge in [0, 0.05) is 17.5 Å². The van der Waals surface area contributed by atoms with Crippen LogP contribution in [0.3, 0.4) is 0 Å². The van der Waals surface area contributed by atoms with E-state index in [0.717, 1.165) is 17.1 Å². The molecule has 0 N–H and O–H groups in total. The molecule has 0 saturated carbocycles. The molecule has 6 heteroatoms. The van der Waals surface area contributed by atoms with Crippen LogP contribution in [0.25, 0.3) is 0 Å². The number of amides is 1. The topological polar surface area (TPSA) is 48.0 Å². The van der Waals surface area contributed by atoms with E-state index in [2.05, 4.69) is 0 Å². The second-order valence-electron chi connectivity index (χ2n) is 5.82. The van der Waals surface area contributed by atoms with Crippen LogP contribution in [0.2, 0.25) is 5.02 Å². The van der Waals surface area contributed by atoms with Crippen LogP contribution in [0.5, 0.6) is 11.5 Å². The number of benzene rings is 2. The molecule has 0 unspecified atom stereocenters. The van der Waals surface area contributed by atoms with Crippen molar-refractivity contribution in [3.05, 3.63) is 59.1 Å². The van der Waals surface area contributed by atoms with Crippen LogP contribution in [0.15, 0.2) is 48.5 Å². The Hall–Kier alpha value is -2.24. The molecule has 1 heterocycles. The summed E-state index contributed by atoms with van der Waals surface area (Å²) in [6.07, 6.45) is -0.617. The lowest BCUT2D eigenvalue weighted by Gasteiger charge is -2.21. The van der Waals surface area contributed by atoms with Gasteiger partial charge in [-0.05, 0) is 36.4 Å². The Balaban J connectivity index is 1.67. The van der Waals surface area contributed by atoms with E-state index >= 15 is 0 Å². The van der Waals surface area contributed by atoms with Crippen molar-refractivity contribution in [3.63, 3.8) is 0 Å². The molecule has 25 heavy (non-hydrogen) atoms. The number of halogens is 1. The van der Waals surface area contributed by atoms with Crippen LogP contribution in [-0.2, 0) is 9.53 Å². The van der Waals surface area contributed by atoms with E-state index in [0.29, 0.717) is 18.2 Å². The molecule has 2 atom stereocenters. The lowest BCUT2D eigenvalue weighted by molar-refractivity contribution is -0.134. The average Bonchev–Trinajstić information content (AvgIpc) is 3.06. The Kier molecular flexibility index (Phi) is 5.46. The minimum absolute atomic E-state index is 0.0326. The van der Waals surface area contributed by atoms with Gasteiger partial charge < -0.3 is 19.1 Å². The molecule has 2 aromatic carbocycles. The number of nitrogens with zero attached hydrogens (tertiary/aromatic N) is 1. The number of carbonyl (C=O) groups excluding carboxylic acids is 1. The summed E-state index contributed by atoms with van der Waals surface area (Å²) in [7, 11) is 1.62. The molecule has 1 amide bonds. The molecular weight excluding hydrogens is 342 g/mol. The van der Waals surface area contributed by atoms with Crippen molar-refractivity contribution in [3.8, 4) is 11.5 Å². The van der Waals surface area contributed by atoms with E-state index in [9.17, 15) is 4.79 Å². The molecule has 2 aromatic rings. The first-order chi connectivity index (χ1) is 12.1. The van der Waals surface area contributed by atoms with Gasteiger partial charge in [-0.2, -0.15) is 0 Å². The number of ether oxygens (including phenoxy) is 3. The average molecular weight is 362 g/mol. The predicted octanol–water partition coefficient (Wildman–Crippen LogP) is 3.67. The monoisotopic (exact) mass is 361 g/mol. The largest absolute Gasteiger partial charge is 0.497 e. The molecule has 0 aliphatic carbocycles. The maximum atomic E-state index is 12.0. The van der Waals surface area contributed by atoms with E-state index in [1.165, 1.54) is 0 Å². The van der Waals surface area contributed by atoms with Gasteiger partial charge in [-0.3, -0.25) is 4.79 Å². The fourth-order valence-electron chi connectivity index (χ4n) is 2.75. The van der Waals surface area contributed by atoms with E-state index in [1.54, 1.807) is 43.2 Å². The Morgan fingerprint density at radius 3 is 2.40 bits per heavy atom. The molecular formula is C19H20ClNO4. The number of carbonyl (C=O) groups is 1. The highest BCUT2D eigenvalue weighted by Gasteiger charge is 2.36. The number of hydrogen-bond acceptors (Lipinski definition) is 4. The SMILES string of the molecule is COc1ccc([C@H]2O[C@@H](COc3ccc(Cl)cc3)CN2C(C)=O)cc1. The van der Waals surface area contributed by atoms with Gasteiger partial charge in [0.25, 0.3) is 0 Å². The Labute approximate surface area is 152 Å². The van der Waals surface area contributed by atoms with Gasteiger partial charge in [-0.1, -0.05) is 23.7 Å². The van der Waals surface area contributed by atoms with Gasteiger partial charge in [0.05, 0.1) is 13.7 Å². The van der Waals surface area contributed by atoms with E-state index in [-0.39, 0.29) is 12.0 Å². The van der Waals surface area contributed by atoms with Crippen LogP contribution in [0, 0.1) is 0 Å². The standard InChI is InChI=1S/C19H20ClNO4/c1-13(22)21-11-18(12-24-17-9-5-15(20)6-10-17)25-19(21)14-3-7-16(23-2)8-4-14/h3-10,18-19H,11-12H2,1-2H3/t18-,19-/m1/s1. The lowest BCUT2D eigenvalue weighted by Crippen LogP contribution is -2.30. The summed E-state index contributed by atoms with van der Waals surface area (Å²) in [6, 6.07) is 14.7. The minimum Gasteiger partial charge on any atom is -0.497 e. The van der Waals surface area contributed by atoms with Crippen molar-refractivity contribution >= 4 is 17.5 Å². The zero-order chi connectivity index (χ0) is 17.8. The van der Waals surface area contributed by atoms with Gasteiger partial charge in [-0.15, -0.1) is 0 Å². The van der Waals surface area contributed by atoms with Crippen LogP contribution in [0.1, 0.15) is 18.7 Å². The normalized spacial score (nSPS) is 19.7. The Morgan fingerprint density at radius 1 is 1.16 bits per heavy atom. The molecule has 1 fully saturated rings. The molecule has 1 saturated heterocycles. The number of rotatable bonds is 5. The van der Waals surface area contributed by atoms with Crippen LogP contribution >= 0.6 is 11.6 Å². The molecule has 3 rings (SSSR count).